The molecule has 1 aromatic carbocycles. The van der Waals surface area contributed by atoms with Crippen LogP contribution in [0.3, 0.4) is 0 Å². The lowest BCUT2D eigenvalue weighted by molar-refractivity contribution is 0.555. The summed E-state index contributed by atoms with van der Waals surface area (Å²) < 4.78 is 39.6. The standard InChI is InChI=1S/C9H11BrClFN2O2S/c1-13-2-3-14-17(15,16)9-5-7(11)6(10)4-8(9)12/h4-5,13-14H,2-3H2,1H3. The maximum absolute atomic E-state index is 13.5. The largest absolute Gasteiger partial charge is 0.318 e. The number of hydrogen-bond acceptors (Lipinski definition) is 3. The van der Waals surface area contributed by atoms with Crippen LogP contribution in [0, 0.1) is 5.82 Å². The van der Waals surface area contributed by atoms with Crippen molar-refractivity contribution >= 4 is 37.6 Å². The van der Waals surface area contributed by atoms with Crippen molar-refractivity contribution in [1.29, 1.82) is 0 Å². The molecule has 0 saturated heterocycles. The highest BCUT2D eigenvalue weighted by Gasteiger charge is 2.20. The molecule has 0 aliphatic heterocycles. The Balaban J connectivity index is 3.03. The van der Waals surface area contributed by atoms with Gasteiger partial charge in [0, 0.05) is 17.6 Å². The van der Waals surface area contributed by atoms with Gasteiger partial charge in [0.1, 0.15) is 10.7 Å². The van der Waals surface area contributed by atoms with E-state index in [0.717, 1.165) is 12.1 Å². The molecule has 96 valence electrons. The second kappa shape index (κ2) is 6.10. The molecule has 0 aromatic heterocycles. The number of nitrogens with one attached hydrogen (secondary N) is 2. The van der Waals surface area contributed by atoms with E-state index >= 15 is 0 Å². The molecule has 0 atom stereocenters. The van der Waals surface area contributed by atoms with Gasteiger partial charge < -0.3 is 5.32 Å². The fraction of sp³-hybridized carbons (Fsp3) is 0.333. The zero-order valence-electron chi connectivity index (χ0n) is 8.93. The number of halogens is 3. The Hall–Kier alpha value is -0.210. The van der Waals surface area contributed by atoms with Crippen LogP contribution in [0.15, 0.2) is 21.5 Å². The van der Waals surface area contributed by atoms with Gasteiger partial charge >= 0.3 is 0 Å². The van der Waals surface area contributed by atoms with E-state index in [4.69, 9.17) is 11.6 Å². The molecule has 4 nitrogen and oxygen atoms in total. The minimum absolute atomic E-state index is 0.139. The molecule has 0 saturated carbocycles. The first kappa shape index (κ1) is 14.8. The van der Waals surface area contributed by atoms with Gasteiger partial charge in [-0.25, -0.2) is 17.5 Å². The first-order valence-electron chi connectivity index (χ1n) is 4.67. The minimum Gasteiger partial charge on any atom is -0.318 e. The summed E-state index contributed by atoms with van der Waals surface area (Å²) in [4.78, 5) is -0.457. The number of hydrogen-bond donors (Lipinski definition) is 2. The van der Waals surface area contributed by atoms with Gasteiger partial charge in [0.2, 0.25) is 10.0 Å². The molecule has 0 unspecified atom stereocenters. The molecular formula is C9H11BrClFN2O2S. The lowest BCUT2D eigenvalue weighted by Crippen LogP contribution is -2.31. The van der Waals surface area contributed by atoms with E-state index in [1.165, 1.54) is 0 Å². The number of likely N-dealkylation sites (N-methyl/N-ethyl adjacent to an activating group) is 1. The quantitative estimate of drug-likeness (QED) is 0.631. The van der Waals surface area contributed by atoms with E-state index in [1.54, 1.807) is 7.05 Å². The van der Waals surface area contributed by atoms with Crippen LogP contribution >= 0.6 is 27.5 Å². The SMILES string of the molecule is CNCCNS(=O)(=O)c1cc(Cl)c(Br)cc1F. The van der Waals surface area contributed by atoms with Crippen molar-refractivity contribution in [2.45, 2.75) is 4.90 Å². The molecule has 0 aliphatic carbocycles. The third-order valence-electron chi connectivity index (χ3n) is 1.93. The topological polar surface area (TPSA) is 58.2 Å². The van der Waals surface area contributed by atoms with E-state index in [-0.39, 0.29) is 11.6 Å². The molecule has 0 aliphatic rings. The average Bonchev–Trinajstić information content (AvgIpc) is 2.23. The van der Waals surface area contributed by atoms with E-state index in [1.807, 2.05) is 0 Å². The number of rotatable bonds is 5. The highest BCUT2D eigenvalue weighted by molar-refractivity contribution is 9.10. The van der Waals surface area contributed by atoms with Crippen LogP contribution < -0.4 is 10.0 Å². The summed E-state index contributed by atoms with van der Waals surface area (Å²) in [6.45, 7) is 0.622. The Morgan fingerprint density at radius 3 is 2.65 bits per heavy atom. The van der Waals surface area contributed by atoms with E-state index in [2.05, 4.69) is 26.0 Å². The van der Waals surface area contributed by atoms with Gasteiger partial charge in [-0.2, -0.15) is 0 Å². The summed E-state index contributed by atoms with van der Waals surface area (Å²) in [6, 6.07) is 2.09. The van der Waals surface area contributed by atoms with Gasteiger partial charge in [0.25, 0.3) is 0 Å². The molecule has 0 fully saturated rings. The van der Waals surface area contributed by atoms with Crippen LogP contribution in [-0.2, 0) is 10.0 Å². The third kappa shape index (κ3) is 3.89. The van der Waals surface area contributed by atoms with Crippen molar-refractivity contribution in [3.05, 3.63) is 27.4 Å². The Morgan fingerprint density at radius 1 is 1.41 bits per heavy atom. The van der Waals surface area contributed by atoms with Crippen molar-refractivity contribution in [1.82, 2.24) is 10.0 Å². The molecule has 0 spiro atoms. The maximum atomic E-state index is 13.5. The summed E-state index contributed by atoms with van der Waals surface area (Å²) >= 11 is 8.75. The van der Waals surface area contributed by atoms with Crippen LogP contribution in [-0.4, -0.2) is 28.6 Å². The maximum Gasteiger partial charge on any atom is 0.243 e. The Morgan fingerprint density at radius 2 is 2.06 bits per heavy atom. The average molecular weight is 346 g/mol. The molecule has 0 amide bonds. The highest BCUT2D eigenvalue weighted by atomic mass is 79.9. The molecule has 0 radical (unpaired) electrons. The van der Waals surface area contributed by atoms with Crippen molar-refractivity contribution in [2.24, 2.45) is 0 Å². The Labute approximate surface area is 113 Å². The number of benzene rings is 1. The van der Waals surface area contributed by atoms with Crippen molar-refractivity contribution < 1.29 is 12.8 Å². The highest BCUT2D eigenvalue weighted by Crippen LogP contribution is 2.27. The summed E-state index contributed by atoms with van der Waals surface area (Å²) in [5, 5.41) is 2.91. The van der Waals surface area contributed by atoms with Crippen LogP contribution in [0.2, 0.25) is 5.02 Å². The molecule has 8 heteroatoms. The second-order valence-electron chi connectivity index (χ2n) is 3.20. The summed E-state index contributed by atoms with van der Waals surface area (Å²) in [7, 11) is -2.19. The second-order valence-corrected chi connectivity index (χ2v) is 6.19. The number of sulfonamides is 1. The fourth-order valence-electron chi connectivity index (χ4n) is 1.10. The molecule has 2 N–H and O–H groups in total. The zero-order valence-corrected chi connectivity index (χ0v) is 12.1. The first-order chi connectivity index (χ1) is 7.88. The summed E-state index contributed by atoms with van der Waals surface area (Å²) in [5.74, 6) is -0.849. The van der Waals surface area contributed by atoms with Gasteiger partial charge in [-0.15, -0.1) is 0 Å². The van der Waals surface area contributed by atoms with Crippen molar-refractivity contribution in [2.75, 3.05) is 20.1 Å². The van der Waals surface area contributed by atoms with Gasteiger partial charge in [-0.3, -0.25) is 0 Å². The summed E-state index contributed by atoms with van der Waals surface area (Å²) in [6.07, 6.45) is 0. The smallest absolute Gasteiger partial charge is 0.243 e. The fourth-order valence-corrected chi connectivity index (χ4v) is 2.76. The lowest BCUT2D eigenvalue weighted by Gasteiger charge is -2.08. The van der Waals surface area contributed by atoms with Crippen LogP contribution in [0.4, 0.5) is 4.39 Å². The monoisotopic (exact) mass is 344 g/mol. The Kier molecular flexibility index (Phi) is 5.33. The third-order valence-corrected chi connectivity index (χ3v) is 4.60. The lowest BCUT2D eigenvalue weighted by atomic mass is 10.3. The van der Waals surface area contributed by atoms with Gasteiger partial charge in [-0.05, 0) is 35.1 Å². The first-order valence-corrected chi connectivity index (χ1v) is 7.32. The molecule has 17 heavy (non-hydrogen) atoms. The van der Waals surface area contributed by atoms with Crippen molar-refractivity contribution in [3.8, 4) is 0 Å². The Bertz CT molecular complexity index is 510. The van der Waals surface area contributed by atoms with Crippen LogP contribution in [0.1, 0.15) is 0 Å². The minimum atomic E-state index is -3.87. The molecule has 1 aromatic rings. The van der Waals surface area contributed by atoms with Crippen molar-refractivity contribution in [3.63, 3.8) is 0 Å². The van der Waals surface area contributed by atoms with E-state index in [0.29, 0.717) is 11.0 Å². The molecule has 1 rings (SSSR count). The predicted molar refractivity (Wildman–Crippen MR) is 68.2 cm³/mol. The van der Waals surface area contributed by atoms with Crippen LogP contribution in [0.5, 0.6) is 0 Å². The van der Waals surface area contributed by atoms with E-state index < -0.39 is 20.7 Å². The molecule has 0 heterocycles. The van der Waals surface area contributed by atoms with E-state index in [9.17, 15) is 12.8 Å². The zero-order chi connectivity index (χ0) is 13.1. The van der Waals surface area contributed by atoms with Gasteiger partial charge in [0.05, 0.1) is 5.02 Å². The van der Waals surface area contributed by atoms with Gasteiger partial charge in [0.15, 0.2) is 0 Å². The summed E-state index contributed by atoms with van der Waals surface area (Å²) in [5.41, 5.74) is 0. The predicted octanol–water partition coefficient (Wildman–Crippen LogP) is 1.74. The molecular weight excluding hydrogens is 335 g/mol. The normalized spacial score (nSPS) is 11.8. The van der Waals surface area contributed by atoms with Gasteiger partial charge in [-0.1, -0.05) is 11.6 Å². The van der Waals surface area contributed by atoms with Crippen LogP contribution in [0.25, 0.3) is 0 Å². The molecule has 0 bridgehead atoms.